The molecule has 3 heterocycles. The fraction of sp³-hybridized carbons (Fsp3) is 0.435. The number of hydrazone groups is 1. The van der Waals surface area contributed by atoms with Gasteiger partial charge in [0.2, 0.25) is 5.91 Å². The van der Waals surface area contributed by atoms with Crippen molar-refractivity contribution >= 4 is 34.6 Å². The zero-order valence-corrected chi connectivity index (χ0v) is 19.8. The molecule has 1 aromatic heterocycles. The first-order valence-electron chi connectivity index (χ1n) is 11.2. The second-order valence-corrected chi connectivity index (χ2v) is 9.18. The lowest BCUT2D eigenvalue weighted by Gasteiger charge is -2.30. The molecule has 180 valence electrons. The van der Waals surface area contributed by atoms with Gasteiger partial charge in [0, 0.05) is 51.7 Å². The van der Waals surface area contributed by atoms with Crippen LogP contribution < -0.4 is 0 Å². The lowest BCUT2D eigenvalue weighted by molar-refractivity contribution is -0.385. The molecule has 0 spiro atoms. The lowest BCUT2D eigenvalue weighted by atomic mass is 10.0. The van der Waals surface area contributed by atoms with Crippen LogP contribution in [0.3, 0.4) is 0 Å². The molecule has 2 aliphatic rings. The molecule has 1 aromatic carbocycles. The maximum Gasteiger partial charge on any atom is 0.269 e. The maximum absolute atomic E-state index is 13.4. The largest absolute Gasteiger partial charge is 0.379 e. The van der Waals surface area contributed by atoms with E-state index < -0.39 is 11.0 Å². The highest BCUT2D eigenvalue weighted by Crippen LogP contribution is 2.35. The number of hydrogen-bond donors (Lipinski definition) is 0. The van der Waals surface area contributed by atoms with Crippen molar-refractivity contribution in [3.05, 3.63) is 62.3 Å². The highest BCUT2D eigenvalue weighted by atomic mass is 32.1. The van der Waals surface area contributed by atoms with Gasteiger partial charge in [-0.15, -0.1) is 11.3 Å². The Labute approximate surface area is 201 Å². The van der Waals surface area contributed by atoms with Gasteiger partial charge in [0.25, 0.3) is 11.6 Å². The molecule has 1 fully saturated rings. The number of nitrogens with zero attached hydrogens (tertiary/aromatic N) is 5. The van der Waals surface area contributed by atoms with Crippen LogP contribution in [-0.2, 0) is 14.3 Å². The maximum atomic E-state index is 13.4. The minimum absolute atomic E-state index is 0.0367. The van der Waals surface area contributed by atoms with Crippen molar-refractivity contribution in [3.63, 3.8) is 0 Å². The molecule has 10 nitrogen and oxygen atoms in total. The topological polar surface area (TPSA) is 109 Å². The van der Waals surface area contributed by atoms with Crippen molar-refractivity contribution in [1.29, 1.82) is 0 Å². The third kappa shape index (κ3) is 5.66. The van der Waals surface area contributed by atoms with E-state index >= 15 is 0 Å². The number of amides is 2. The quantitative estimate of drug-likeness (QED) is 0.420. The Balaban J connectivity index is 1.53. The van der Waals surface area contributed by atoms with Crippen LogP contribution in [0, 0.1) is 10.1 Å². The van der Waals surface area contributed by atoms with E-state index in [0.717, 1.165) is 23.7 Å². The molecule has 2 aromatic rings. The molecule has 2 aliphatic heterocycles. The number of rotatable bonds is 8. The Morgan fingerprint density at radius 2 is 2.06 bits per heavy atom. The molecule has 0 aliphatic carbocycles. The summed E-state index contributed by atoms with van der Waals surface area (Å²) < 4.78 is 5.36. The minimum atomic E-state index is -0.474. The molecule has 0 bridgehead atoms. The molecule has 0 N–H and O–H groups in total. The number of ether oxygens (including phenoxy) is 1. The van der Waals surface area contributed by atoms with E-state index in [1.54, 1.807) is 12.1 Å². The smallest absolute Gasteiger partial charge is 0.269 e. The number of carbonyl (C=O) groups excluding carboxylic acids is 2. The highest BCUT2D eigenvalue weighted by Gasteiger charge is 2.35. The molecule has 1 atom stereocenters. The summed E-state index contributed by atoms with van der Waals surface area (Å²) in [5, 5.41) is 19.2. The Morgan fingerprint density at radius 1 is 1.26 bits per heavy atom. The van der Waals surface area contributed by atoms with Crippen molar-refractivity contribution < 1.29 is 19.2 Å². The third-order valence-electron chi connectivity index (χ3n) is 6.00. The number of hydrogen-bond acceptors (Lipinski definition) is 8. The van der Waals surface area contributed by atoms with Gasteiger partial charge in [-0.2, -0.15) is 5.10 Å². The van der Waals surface area contributed by atoms with E-state index in [-0.39, 0.29) is 24.0 Å². The molecule has 0 saturated carbocycles. The second kappa shape index (κ2) is 10.9. The third-order valence-corrected chi connectivity index (χ3v) is 6.92. The number of carbonyl (C=O) groups is 2. The molecular formula is C23H27N5O5S. The molecule has 0 radical (unpaired) electrons. The van der Waals surface area contributed by atoms with Crippen molar-refractivity contribution in [2.24, 2.45) is 5.10 Å². The normalized spacial score (nSPS) is 18.6. The fourth-order valence-corrected chi connectivity index (χ4v) is 4.83. The Kier molecular flexibility index (Phi) is 7.66. The average molecular weight is 486 g/mol. The van der Waals surface area contributed by atoms with Gasteiger partial charge in [0.1, 0.15) is 6.54 Å². The molecule has 0 unspecified atom stereocenters. The van der Waals surface area contributed by atoms with Crippen LogP contribution in [0.25, 0.3) is 0 Å². The Bertz CT molecular complexity index is 1070. The van der Waals surface area contributed by atoms with Crippen LogP contribution in [-0.4, -0.2) is 83.2 Å². The fourth-order valence-electron chi connectivity index (χ4n) is 4.11. The number of thiophene rings is 1. The van der Waals surface area contributed by atoms with Gasteiger partial charge in [0.05, 0.1) is 34.8 Å². The van der Waals surface area contributed by atoms with Crippen molar-refractivity contribution in [3.8, 4) is 0 Å². The number of nitro groups is 1. The summed E-state index contributed by atoms with van der Waals surface area (Å²) in [6.07, 6.45) is 0.446. The van der Waals surface area contributed by atoms with E-state index in [1.807, 2.05) is 17.5 Å². The van der Waals surface area contributed by atoms with Gasteiger partial charge in [-0.3, -0.25) is 24.6 Å². The summed E-state index contributed by atoms with van der Waals surface area (Å²) in [6.45, 7) is 5.37. The van der Waals surface area contributed by atoms with Gasteiger partial charge in [-0.25, -0.2) is 5.01 Å². The van der Waals surface area contributed by atoms with E-state index in [1.165, 1.54) is 40.3 Å². The Morgan fingerprint density at radius 3 is 2.74 bits per heavy atom. The van der Waals surface area contributed by atoms with E-state index in [2.05, 4.69) is 10.0 Å². The molecule has 34 heavy (non-hydrogen) atoms. The van der Waals surface area contributed by atoms with Crippen molar-refractivity contribution in [1.82, 2.24) is 14.8 Å². The van der Waals surface area contributed by atoms with Crippen LogP contribution in [0.5, 0.6) is 0 Å². The van der Waals surface area contributed by atoms with Crippen LogP contribution in [0.2, 0.25) is 0 Å². The standard InChI is InChI=1S/C23H27N5O5S/c1-17(29)26(8-7-25-9-11-33-12-10-25)16-23(30)27-21(15-20(24-27)22-6-3-13-34-22)18-4-2-5-19(14-18)28(31)32/h2-6,13-14,21H,7-12,15-16H2,1H3/t21-/m1/s1. The first-order valence-corrected chi connectivity index (χ1v) is 12.0. The number of nitro benzene ring substituents is 1. The monoisotopic (exact) mass is 485 g/mol. The van der Waals surface area contributed by atoms with Crippen LogP contribution in [0.15, 0.2) is 46.9 Å². The number of morpholine rings is 1. The minimum Gasteiger partial charge on any atom is -0.379 e. The second-order valence-electron chi connectivity index (χ2n) is 8.23. The summed E-state index contributed by atoms with van der Waals surface area (Å²) >= 11 is 1.52. The van der Waals surface area contributed by atoms with Crippen LogP contribution in [0.1, 0.15) is 29.8 Å². The SMILES string of the molecule is CC(=O)N(CCN1CCOCC1)CC(=O)N1N=C(c2cccs2)C[C@@H]1c1cccc([N+](=O)[O-])c1. The zero-order chi connectivity index (χ0) is 24.1. The van der Waals surface area contributed by atoms with E-state index in [0.29, 0.717) is 38.3 Å². The highest BCUT2D eigenvalue weighted by molar-refractivity contribution is 7.12. The number of non-ortho nitro benzene ring substituents is 1. The van der Waals surface area contributed by atoms with E-state index in [9.17, 15) is 19.7 Å². The first kappa shape index (κ1) is 24.0. The molecule has 1 saturated heterocycles. The summed E-state index contributed by atoms with van der Waals surface area (Å²) in [7, 11) is 0. The lowest BCUT2D eigenvalue weighted by Crippen LogP contribution is -2.45. The van der Waals surface area contributed by atoms with Gasteiger partial charge in [0.15, 0.2) is 0 Å². The van der Waals surface area contributed by atoms with E-state index in [4.69, 9.17) is 4.74 Å². The van der Waals surface area contributed by atoms with Crippen molar-refractivity contribution in [2.45, 2.75) is 19.4 Å². The van der Waals surface area contributed by atoms with Gasteiger partial charge in [-0.05, 0) is 17.0 Å². The summed E-state index contributed by atoms with van der Waals surface area (Å²) in [6, 6.07) is 9.67. The van der Waals surface area contributed by atoms with Crippen molar-refractivity contribution in [2.75, 3.05) is 45.9 Å². The van der Waals surface area contributed by atoms with Gasteiger partial charge < -0.3 is 9.64 Å². The number of benzene rings is 1. The van der Waals surface area contributed by atoms with Crippen LogP contribution in [0.4, 0.5) is 5.69 Å². The molecule has 11 heteroatoms. The summed E-state index contributed by atoms with van der Waals surface area (Å²) in [5.74, 6) is -0.504. The summed E-state index contributed by atoms with van der Waals surface area (Å²) in [5.41, 5.74) is 1.36. The van der Waals surface area contributed by atoms with Crippen LogP contribution >= 0.6 is 11.3 Å². The zero-order valence-electron chi connectivity index (χ0n) is 19.0. The molecule has 2 amide bonds. The molecular weight excluding hydrogens is 458 g/mol. The van der Waals surface area contributed by atoms with Gasteiger partial charge in [-0.1, -0.05) is 18.2 Å². The van der Waals surface area contributed by atoms with Gasteiger partial charge >= 0.3 is 0 Å². The first-order chi connectivity index (χ1) is 16.4. The molecule has 4 rings (SSSR count). The predicted octanol–water partition coefficient (Wildman–Crippen LogP) is 2.51. The average Bonchev–Trinajstić information content (AvgIpc) is 3.52. The Hall–Kier alpha value is -3.15. The predicted molar refractivity (Wildman–Crippen MR) is 128 cm³/mol. The summed E-state index contributed by atoms with van der Waals surface area (Å²) in [4.78, 5) is 41.2.